The lowest BCUT2D eigenvalue weighted by Gasteiger charge is -2.05. The molecule has 5 nitrogen and oxygen atoms in total. The van der Waals surface area contributed by atoms with E-state index in [0.717, 1.165) is 28.1 Å². The molecule has 18 heavy (non-hydrogen) atoms. The second kappa shape index (κ2) is 4.10. The zero-order chi connectivity index (χ0) is 12.5. The van der Waals surface area contributed by atoms with E-state index in [1.807, 2.05) is 31.2 Å². The van der Waals surface area contributed by atoms with E-state index < -0.39 is 0 Å². The predicted molar refractivity (Wildman–Crippen MR) is 69.3 cm³/mol. The monoisotopic (exact) mass is 240 g/mol. The van der Waals surface area contributed by atoms with Crippen molar-refractivity contribution in [2.45, 2.75) is 6.92 Å². The molecule has 0 bridgehead atoms. The third-order valence-electron chi connectivity index (χ3n) is 2.70. The van der Waals surface area contributed by atoms with Crippen LogP contribution in [0.15, 0.2) is 35.1 Å². The summed E-state index contributed by atoms with van der Waals surface area (Å²) < 4.78 is 5.30. The first kappa shape index (κ1) is 10.7. The molecule has 0 amide bonds. The molecule has 0 spiro atoms. The van der Waals surface area contributed by atoms with Gasteiger partial charge in [-0.05, 0) is 25.1 Å². The lowest BCUT2D eigenvalue weighted by atomic mass is 10.1. The molecule has 2 aromatic heterocycles. The highest BCUT2D eigenvalue weighted by atomic mass is 16.3. The van der Waals surface area contributed by atoms with Crippen LogP contribution in [-0.2, 0) is 0 Å². The van der Waals surface area contributed by atoms with Gasteiger partial charge in [-0.1, -0.05) is 6.07 Å². The molecule has 1 N–H and O–H groups in total. The standard InChI is InChI=1S/C13H12N4O/c1-8-5-11(17-13(14-2)16-8)9-3-4-10-12(6-9)18-7-15-10/h3-7H,1-2H3,(H,14,16,17). The number of rotatable bonds is 2. The van der Waals surface area contributed by atoms with E-state index >= 15 is 0 Å². The molecule has 0 aliphatic carbocycles. The number of fused-ring (bicyclic) bond motifs is 1. The Kier molecular flexibility index (Phi) is 2.44. The first-order chi connectivity index (χ1) is 8.76. The van der Waals surface area contributed by atoms with Crippen LogP contribution in [-0.4, -0.2) is 22.0 Å². The molecule has 0 aliphatic heterocycles. The fraction of sp³-hybridized carbons (Fsp3) is 0.154. The molecular formula is C13H12N4O. The minimum absolute atomic E-state index is 0.614. The first-order valence-electron chi connectivity index (χ1n) is 5.63. The highest BCUT2D eigenvalue weighted by Crippen LogP contribution is 2.23. The second-order valence-corrected chi connectivity index (χ2v) is 4.00. The second-order valence-electron chi connectivity index (χ2n) is 4.00. The van der Waals surface area contributed by atoms with Gasteiger partial charge in [0.15, 0.2) is 12.0 Å². The van der Waals surface area contributed by atoms with Gasteiger partial charge in [-0.2, -0.15) is 0 Å². The van der Waals surface area contributed by atoms with Gasteiger partial charge >= 0.3 is 0 Å². The number of nitrogens with one attached hydrogen (secondary N) is 1. The van der Waals surface area contributed by atoms with Gasteiger partial charge in [-0.25, -0.2) is 15.0 Å². The molecule has 2 heterocycles. The van der Waals surface area contributed by atoms with Crippen LogP contribution in [0.25, 0.3) is 22.4 Å². The Labute approximate surface area is 104 Å². The molecule has 0 radical (unpaired) electrons. The maximum atomic E-state index is 5.30. The Morgan fingerprint density at radius 1 is 1.17 bits per heavy atom. The van der Waals surface area contributed by atoms with E-state index in [1.54, 1.807) is 7.05 Å². The Hall–Kier alpha value is -2.43. The van der Waals surface area contributed by atoms with Gasteiger partial charge in [0.1, 0.15) is 5.52 Å². The van der Waals surface area contributed by atoms with E-state index in [-0.39, 0.29) is 0 Å². The van der Waals surface area contributed by atoms with Gasteiger partial charge in [0.2, 0.25) is 5.95 Å². The fourth-order valence-corrected chi connectivity index (χ4v) is 1.84. The van der Waals surface area contributed by atoms with Crippen molar-refractivity contribution in [2.75, 3.05) is 12.4 Å². The maximum Gasteiger partial charge on any atom is 0.223 e. The molecule has 3 aromatic rings. The van der Waals surface area contributed by atoms with Crippen LogP contribution in [0.5, 0.6) is 0 Å². The van der Waals surface area contributed by atoms with Crippen molar-refractivity contribution in [3.05, 3.63) is 36.4 Å². The average molecular weight is 240 g/mol. The third-order valence-corrected chi connectivity index (χ3v) is 2.70. The largest absolute Gasteiger partial charge is 0.443 e. The Morgan fingerprint density at radius 2 is 2.06 bits per heavy atom. The number of hydrogen-bond acceptors (Lipinski definition) is 5. The third kappa shape index (κ3) is 1.79. The molecule has 3 rings (SSSR count). The molecule has 90 valence electrons. The van der Waals surface area contributed by atoms with Gasteiger partial charge in [0, 0.05) is 18.3 Å². The molecule has 0 fully saturated rings. The van der Waals surface area contributed by atoms with Crippen LogP contribution in [0, 0.1) is 6.92 Å². The van der Waals surface area contributed by atoms with Crippen molar-refractivity contribution < 1.29 is 4.42 Å². The molecule has 0 atom stereocenters. The quantitative estimate of drug-likeness (QED) is 0.746. The maximum absolute atomic E-state index is 5.30. The van der Waals surface area contributed by atoms with Crippen LogP contribution in [0.1, 0.15) is 5.69 Å². The summed E-state index contributed by atoms with van der Waals surface area (Å²) in [5.74, 6) is 0.614. The number of nitrogens with zero attached hydrogens (tertiary/aromatic N) is 3. The number of aromatic nitrogens is 3. The summed E-state index contributed by atoms with van der Waals surface area (Å²) in [6, 6.07) is 7.78. The van der Waals surface area contributed by atoms with Crippen molar-refractivity contribution in [1.29, 1.82) is 0 Å². The Balaban J connectivity index is 2.15. The molecule has 1 aromatic carbocycles. The summed E-state index contributed by atoms with van der Waals surface area (Å²) >= 11 is 0. The van der Waals surface area contributed by atoms with Crippen molar-refractivity contribution in [2.24, 2.45) is 0 Å². The van der Waals surface area contributed by atoms with Crippen LogP contribution in [0.2, 0.25) is 0 Å². The molecule has 0 saturated heterocycles. The van der Waals surface area contributed by atoms with Gasteiger partial charge in [-0.15, -0.1) is 0 Å². The topological polar surface area (TPSA) is 63.8 Å². The summed E-state index contributed by atoms with van der Waals surface area (Å²) in [6.07, 6.45) is 1.44. The first-order valence-corrected chi connectivity index (χ1v) is 5.63. The smallest absolute Gasteiger partial charge is 0.223 e. The van der Waals surface area contributed by atoms with Crippen molar-refractivity contribution >= 4 is 17.0 Å². The van der Waals surface area contributed by atoms with Crippen molar-refractivity contribution in [1.82, 2.24) is 15.0 Å². The summed E-state index contributed by atoms with van der Waals surface area (Å²) in [5, 5.41) is 2.95. The normalized spacial score (nSPS) is 10.8. The summed E-state index contributed by atoms with van der Waals surface area (Å²) in [7, 11) is 1.80. The van der Waals surface area contributed by atoms with Crippen LogP contribution < -0.4 is 5.32 Å². The van der Waals surface area contributed by atoms with E-state index in [0.29, 0.717) is 5.95 Å². The van der Waals surface area contributed by atoms with Crippen LogP contribution in [0.4, 0.5) is 5.95 Å². The summed E-state index contributed by atoms with van der Waals surface area (Å²) in [4.78, 5) is 12.8. The molecule has 5 heteroatoms. The fourth-order valence-electron chi connectivity index (χ4n) is 1.84. The summed E-state index contributed by atoms with van der Waals surface area (Å²) in [6.45, 7) is 1.94. The SMILES string of the molecule is CNc1nc(C)cc(-c2ccc3ncoc3c2)n1. The number of oxazole rings is 1. The van der Waals surface area contributed by atoms with E-state index in [2.05, 4.69) is 20.3 Å². The van der Waals surface area contributed by atoms with Gasteiger partial charge < -0.3 is 9.73 Å². The Bertz CT molecular complexity index is 705. The summed E-state index contributed by atoms with van der Waals surface area (Å²) in [5.41, 5.74) is 4.38. The molecule has 0 unspecified atom stereocenters. The minimum atomic E-state index is 0.614. The number of anilines is 1. The molecule has 0 saturated carbocycles. The predicted octanol–water partition coefficient (Wildman–Crippen LogP) is 2.63. The van der Waals surface area contributed by atoms with Crippen molar-refractivity contribution in [3.8, 4) is 11.3 Å². The lowest BCUT2D eigenvalue weighted by molar-refractivity contribution is 0.602. The van der Waals surface area contributed by atoms with E-state index in [4.69, 9.17) is 4.42 Å². The van der Waals surface area contributed by atoms with Gasteiger partial charge in [0.25, 0.3) is 0 Å². The number of benzene rings is 1. The minimum Gasteiger partial charge on any atom is -0.443 e. The van der Waals surface area contributed by atoms with Crippen LogP contribution >= 0.6 is 0 Å². The zero-order valence-electron chi connectivity index (χ0n) is 10.1. The highest BCUT2D eigenvalue weighted by molar-refractivity contribution is 5.79. The number of hydrogen-bond donors (Lipinski definition) is 1. The molecular weight excluding hydrogens is 228 g/mol. The average Bonchev–Trinajstić information content (AvgIpc) is 2.85. The van der Waals surface area contributed by atoms with Crippen molar-refractivity contribution in [3.63, 3.8) is 0 Å². The van der Waals surface area contributed by atoms with Crippen LogP contribution in [0.3, 0.4) is 0 Å². The number of aryl methyl sites for hydroxylation is 1. The molecule has 0 aliphatic rings. The highest BCUT2D eigenvalue weighted by Gasteiger charge is 2.06. The Morgan fingerprint density at radius 3 is 2.89 bits per heavy atom. The van der Waals surface area contributed by atoms with E-state index in [9.17, 15) is 0 Å². The van der Waals surface area contributed by atoms with Gasteiger partial charge in [-0.3, -0.25) is 0 Å². The lowest BCUT2D eigenvalue weighted by Crippen LogP contribution is -1.99. The zero-order valence-corrected chi connectivity index (χ0v) is 10.1. The van der Waals surface area contributed by atoms with E-state index in [1.165, 1.54) is 6.39 Å². The van der Waals surface area contributed by atoms with Gasteiger partial charge in [0.05, 0.1) is 5.69 Å².